The number of hydrogen-bond acceptors (Lipinski definition) is 3. The molecule has 1 amide bonds. The summed E-state index contributed by atoms with van der Waals surface area (Å²) in [6.07, 6.45) is 1.60. The first-order valence-corrected chi connectivity index (χ1v) is 5.66. The number of hydrogen-bond donors (Lipinski definition) is 1. The van der Waals surface area contributed by atoms with Gasteiger partial charge in [0.15, 0.2) is 0 Å². The molecule has 1 aromatic heterocycles. The number of halogens is 1. The van der Waals surface area contributed by atoms with Crippen LogP contribution in [-0.4, -0.2) is 24.1 Å². The molecule has 2 aliphatic rings. The van der Waals surface area contributed by atoms with E-state index in [9.17, 15) is 4.79 Å². The number of amides is 1. The minimum atomic E-state index is -0.276. The molecular weight excluding hydrogens is 228 g/mol. The fraction of sp³-hybridized carbons (Fsp3) is 0.455. The lowest BCUT2D eigenvalue weighted by Crippen LogP contribution is -2.43. The summed E-state index contributed by atoms with van der Waals surface area (Å²) in [4.78, 5) is 15.9. The van der Waals surface area contributed by atoms with Gasteiger partial charge in [0, 0.05) is 18.8 Å². The second-order valence-electron chi connectivity index (χ2n) is 4.18. The summed E-state index contributed by atoms with van der Waals surface area (Å²) < 4.78 is 5.33. The van der Waals surface area contributed by atoms with Crippen molar-refractivity contribution in [2.45, 2.75) is 18.4 Å². The van der Waals surface area contributed by atoms with Gasteiger partial charge in [0.25, 0.3) is 5.91 Å². The Balaban J connectivity index is 2.11. The second kappa shape index (κ2) is 3.43. The third-order valence-corrected chi connectivity index (χ3v) is 3.50. The van der Waals surface area contributed by atoms with Crippen LogP contribution in [-0.2, 0) is 10.3 Å². The van der Waals surface area contributed by atoms with E-state index in [1.807, 2.05) is 6.07 Å². The number of nitrogens with zero attached hydrogens (tertiary/aromatic N) is 1. The van der Waals surface area contributed by atoms with Crippen LogP contribution >= 0.6 is 11.6 Å². The predicted octanol–water partition coefficient (Wildman–Crippen LogP) is 1.48. The van der Waals surface area contributed by atoms with Gasteiger partial charge in [-0.05, 0) is 18.9 Å². The summed E-state index contributed by atoms with van der Waals surface area (Å²) in [5, 5.41) is 3.38. The molecule has 0 aromatic carbocycles. The third kappa shape index (κ3) is 1.33. The largest absolute Gasteiger partial charge is 0.381 e. The van der Waals surface area contributed by atoms with E-state index in [4.69, 9.17) is 16.3 Å². The predicted molar refractivity (Wildman–Crippen MR) is 58.4 cm³/mol. The van der Waals surface area contributed by atoms with Crippen molar-refractivity contribution in [2.75, 3.05) is 13.2 Å². The molecule has 1 spiro atoms. The third-order valence-electron chi connectivity index (χ3n) is 3.29. The minimum absolute atomic E-state index is 0.126. The normalized spacial score (nSPS) is 21.9. The molecule has 0 atom stereocenters. The number of carbonyl (C=O) groups is 1. The van der Waals surface area contributed by atoms with Crippen molar-refractivity contribution in [3.05, 3.63) is 28.5 Å². The van der Waals surface area contributed by atoms with E-state index in [0.717, 1.165) is 18.4 Å². The van der Waals surface area contributed by atoms with E-state index < -0.39 is 0 Å². The van der Waals surface area contributed by atoms with E-state index in [-0.39, 0.29) is 11.4 Å². The second-order valence-corrected chi connectivity index (χ2v) is 4.57. The molecule has 0 bridgehead atoms. The number of pyridine rings is 1. The van der Waals surface area contributed by atoms with Crippen molar-refractivity contribution >= 4 is 17.5 Å². The Morgan fingerprint density at radius 2 is 2.12 bits per heavy atom. The molecule has 1 N–H and O–H groups in total. The Morgan fingerprint density at radius 1 is 1.38 bits per heavy atom. The van der Waals surface area contributed by atoms with Gasteiger partial charge in [-0.25, -0.2) is 4.98 Å². The molecule has 3 rings (SSSR count). The maximum atomic E-state index is 11.8. The summed E-state index contributed by atoms with van der Waals surface area (Å²) in [6.45, 7) is 1.34. The maximum absolute atomic E-state index is 11.8. The van der Waals surface area contributed by atoms with Crippen molar-refractivity contribution in [1.82, 2.24) is 10.3 Å². The van der Waals surface area contributed by atoms with Crippen molar-refractivity contribution in [3.8, 4) is 0 Å². The van der Waals surface area contributed by atoms with E-state index >= 15 is 0 Å². The van der Waals surface area contributed by atoms with Gasteiger partial charge >= 0.3 is 0 Å². The zero-order chi connectivity index (χ0) is 11.2. The number of nitrogens with one attached hydrogen (secondary N) is 1. The zero-order valence-corrected chi connectivity index (χ0v) is 9.38. The van der Waals surface area contributed by atoms with Gasteiger partial charge in [0.2, 0.25) is 0 Å². The lowest BCUT2D eigenvalue weighted by Gasteiger charge is -2.33. The summed E-state index contributed by atoms with van der Waals surface area (Å²) in [5.74, 6) is -0.126. The van der Waals surface area contributed by atoms with Crippen LogP contribution < -0.4 is 5.32 Å². The first kappa shape index (κ1) is 10.1. The molecule has 0 aliphatic carbocycles. The number of fused-ring (bicyclic) bond motifs is 2. The van der Waals surface area contributed by atoms with Gasteiger partial charge in [0.1, 0.15) is 10.8 Å². The van der Waals surface area contributed by atoms with Gasteiger partial charge < -0.3 is 10.1 Å². The lowest BCUT2D eigenvalue weighted by molar-refractivity contribution is 0.0395. The fourth-order valence-electron chi connectivity index (χ4n) is 2.45. The van der Waals surface area contributed by atoms with Crippen molar-refractivity contribution < 1.29 is 9.53 Å². The summed E-state index contributed by atoms with van der Waals surface area (Å²) in [7, 11) is 0. The average Bonchev–Trinajstić information content (AvgIpc) is 2.53. The van der Waals surface area contributed by atoms with Crippen LogP contribution in [0.1, 0.15) is 28.9 Å². The number of ether oxygens (including phenoxy) is 1. The van der Waals surface area contributed by atoms with E-state index in [1.54, 1.807) is 6.07 Å². The van der Waals surface area contributed by atoms with Gasteiger partial charge in [-0.1, -0.05) is 17.7 Å². The van der Waals surface area contributed by atoms with Crippen LogP contribution in [0.4, 0.5) is 0 Å². The maximum Gasteiger partial charge on any atom is 0.271 e. The summed E-state index contributed by atoms with van der Waals surface area (Å²) >= 11 is 5.80. The van der Waals surface area contributed by atoms with Crippen LogP contribution in [0.2, 0.25) is 5.15 Å². The molecule has 1 saturated heterocycles. The molecular formula is C11H11ClN2O2. The van der Waals surface area contributed by atoms with Crippen LogP contribution in [0.5, 0.6) is 0 Å². The molecule has 84 valence electrons. The van der Waals surface area contributed by atoms with Gasteiger partial charge in [0.05, 0.1) is 5.54 Å². The molecule has 0 unspecified atom stereocenters. The zero-order valence-electron chi connectivity index (χ0n) is 8.62. The molecule has 0 radical (unpaired) electrons. The SMILES string of the molecule is O=C1NC2(CCOCC2)c2ccc(Cl)nc21. The average molecular weight is 239 g/mol. The quantitative estimate of drug-likeness (QED) is 0.697. The number of carbonyl (C=O) groups excluding carboxylic acids is 1. The van der Waals surface area contributed by atoms with Gasteiger partial charge in [-0.15, -0.1) is 0 Å². The number of aromatic nitrogens is 1. The monoisotopic (exact) mass is 238 g/mol. The van der Waals surface area contributed by atoms with Crippen LogP contribution in [0.15, 0.2) is 12.1 Å². The first-order chi connectivity index (χ1) is 7.71. The Bertz CT molecular complexity index is 455. The minimum Gasteiger partial charge on any atom is -0.381 e. The van der Waals surface area contributed by atoms with Crippen LogP contribution in [0.25, 0.3) is 0 Å². The van der Waals surface area contributed by atoms with Gasteiger partial charge in [-0.2, -0.15) is 0 Å². The smallest absolute Gasteiger partial charge is 0.271 e. The topological polar surface area (TPSA) is 51.2 Å². The standard InChI is InChI=1S/C11H11ClN2O2/c12-8-2-1-7-9(13-8)10(15)14-11(7)3-5-16-6-4-11/h1-2H,3-6H2,(H,14,15). The lowest BCUT2D eigenvalue weighted by atomic mass is 9.85. The summed E-state index contributed by atoms with van der Waals surface area (Å²) in [6, 6.07) is 3.63. The molecule has 1 aromatic rings. The molecule has 3 heterocycles. The highest BCUT2D eigenvalue weighted by Crippen LogP contribution is 2.38. The molecule has 16 heavy (non-hydrogen) atoms. The van der Waals surface area contributed by atoms with E-state index in [0.29, 0.717) is 24.1 Å². The number of rotatable bonds is 0. The fourth-order valence-corrected chi connectivity index (χ4v) is 2.60. The molecule has 1 fully saturated rings. The Kier molecular flexibility index (Phi) is 2.16. The van der Waals surface area contributed by atoms with Crippen molar-refractivity contribution in [3.63, 3.8) is 0 Å². The molecule has 0 saturated carbocycles. The first-order valence-electron chi connectivity index (χ1n) is 5.29. The summed E-state index contributed by atoms with van der Waals surface area (Å²) in [5.41, 5.74) is 1.15. The Labute approximate surface area is 98.0 Å². The van der Waals surface area contributed by atoms with Crippen LogP contribution in [0.3, 0.4) is 0 Å². The molecule has 2 aliphatic heterocycles. The molecule has 5 heteroatoms. The molecule has 4 nitrogen and oxygen atoms in total. The Morgan fingerprint density at radius 3 is 2.88 bits per heavy atom. The van der Waals surface area contributed by atoms with Gasteiger partial charge in [-0.3, -0.25) is 4.79 Å². The van der Waals surface area contributed by atoms with Crippen molar-refractivity contribution in [1.29, 1.82) is 0 Å². The van der Waals surface area contributed by atoms with Crippen molar-refractivity contribution in [2.24, 2.45) is 0 Å². The highest BCUT2D eigenvalue weighted by Gasteiger charge is 2.44. The Hall–Kier alpha value is -1.13. The van der Waals surface area contributed by atoms with E-state index in [1.165, 1.54) is 0 Å². The van der Waals surface area contributed by atoms with Crippen LogP contribution in [0, 0.1) is 0 Å². The highest BCUT2D eigenvalue weighted by atomic mass is 35.5. The highest BCUT2D eigenvalue weighted by molar-refractivity contribution is 6.29. The van der Waals surface area contributed by atoms with E-state index in [2.05, 4.69) is 10.3 Å².